The molecule has 0 aliphatic carbocycles. The van der Waals surface area contributed by atoms with Crippen LogP contribution in [0.25, 0.3) is 0 Å². The van der Waals surface area contributed by atoms with Crippen LogP contribution >= 0.6 is 27.3 Å². The molecule has 1 aromatic heterocycles. The molecule has 0 amide bonds. The maximum Gasteiger partial charge on any atom is 0.242 e. The molecule has 7 heteroatoms. The first-order valence-electron chi connectivity index (χ1n) is 6.40. The second-order valence-electron chi connectivity index (χ2n) is 4.63. The molecule has 0 bridgehead atoms. The molecule has 2 N–H and O–H groups in total. The standard InChI is InChI=1S/C14H17BrN2O2S2/c1-10-3-5-12(20-10)9-17-21(18,19)14-6-4-11(8-16-2)7-13(14)15/h3-7,16-17H,8-9H2,1-2H3. The first kappa shape index (κ1) is 16.6. The van der Waals surface area contributed by atoms with Crippen LogP contribution in [0.1, 0.15) is 15.3 Å². The van der Waals surface area contributed by atoms with Gasteiger partial charge in [-0.15, -0.1) is 11.3 Å². The lowest BCUT2D eigenvalue weighted by Crippen LogP contribution is -2.23. The van der Waals surface area contributed by atoms with Crippen molar-refractivity contribution in [2.75, 3.05) is 7.05 Å². The van der Waals surface area contributed by atoms with Crippen LogP contribution in [0.15, 0.2) is 39.7 Å². The van der Waals surface area contributed by atoms with Gasteiger partial charge in [-0.05, 0) is 59.7 Å². The lowest BCUT2D eigenvalue weighted by molar-refractivity contribution is 0.581. The Labute approximate surface area is 137 Å². The van der Waals surface area contributed by atoms with Gasteiger partial charge in [-0.3, -0.25) is 0 Å². The van der Waals surface area contributed by atoms with Gasteiger partial charge in [0.25, 0.3) is 0 Å². The van der Waals surface area contributed by atoms with Crippen molar-refractivity contribution >= 4 is 37.3 Å². The Balaban J connectivity index is 2.15. The molecule has 0 aliphatic rings. The van der Waals surface area contributed by atoms with E-state index in [1.54, 1.807) is 17.4 Å². The normalized spacial score (nSPS) is 11.8. The van der Waals surface area contributed by atoms with E-state index < -0.39 is 10.0 Å². The number of aryl methyl sites for hydroxylation is 1. The SMILES string of the molecule is CNCc1ccc(S(=O)(=O)NCc2ccc(C)s2)c(Br)c1. The predicted molar refractivity (Wildman–Crippen MR) is 90.0 cm³/mol. The molecule has 0 radical (unpaired) electrons. The Hall–Kier alpha value is -0.730. The van der Waals surface area contributed by atoms with Crippen molar-refractivity contribution in [1.29, 1.82) is 0 Å². The molecular weight excluding hydrogens is 372 g/mol. The molecule has 0 atom stereocenters. The van der Waals surface area contributed by atoms with Crippen LogP contribution in [-0.4, -0.2) is 15.5 Å². The minimum atomic E-state index is -3.52. The highest BCUT2D eigenvalue weighted by Gasteiger charge is 2.17. The Bertz CT molecular complexity index is 726. The van der Waals surface area contributed by atoms with Crippen LogP contribution in [-0.2, 0) is 23.1 Å². The first-order valence-corrected chi connectivity index (χ1v) is 9.49. The zero-order chi connectivity index (χ0) is 15.5. The zero-order valence-corrected chi connectivity index (χ0v) is 15.0. The number of nitrogens with one attached hydrogen (secondary N) is 2. The summed E-state index contributed by atoms with van der Waals surface area (Å²) in [6.07, 6.45) is 0. The molecule has 1 heterocycles. The van der Waals surface area contributed by atoms with Gasteiger partial charge in [-0.25, -0.2) is 13.1 Å². The van der Waals surface area contributed by atoms with E-state index in [0.29, 0.717) is 17.6 Å². The highest BCUT2D eigenvalue weighted by molar-refractivity contribution is 9.10. The van der Waals surface area contributed by atoms with Gasteiger partial charge in [0.2, 0.25) is 10.0 Å². The minimum Gasteiger partial charge on any atom is -0.316 e. The molecule has 0 saturated heterocycles. The highest BCUT2D eigenvalue weighted by atomic mass is 79.9. The monoisotopic (exact) mass is 388 g/mol. The fourth-order valence-electron chi connectivity index (χ4n) is 1.90. The molecule has 1 aromatic carbocycles. The summed E-state index contributed by atoms with van der Waals surface area (Å²) in [5.74, 6) is 0. The lowest BCUT2D eigenvalue weighted by Gasteiger charge is -2.09. The smallest absolute Gasteiger partial charge is 0.242 e. The van der Waals surface area contributed by atoms with Crippen molar-refractivity contribution < 1.29 is 8.42 Å². The first-order chi connectivity index (χ1) is 9.92. The summed E-state index contributed by atoms with van der Waals surface area (Å²) < 4.78 is 27.9. The van der Waals surface area contributed by atoms with Gasteiger partial charge in [0.15, 0.2) is 0 Å². The van der Waals surface area contributed by atoms with Crippen molar-refractivity contribution in [3.05, 3.63) is 50.1 Å². The van der Waals surface area contributed by atoms with Gasteiger partial charge in [0, 0.05) is 27.3 Å². The number of thiophene rings is 1. The number of hydrogen-bond acceptors (Lipinski definition) is 4. The molecule has 0 unspecified atom stereocenters. The molecule has 2 rings (SSSR count). The zero-order valence-electron chi connectivity index (χ0n) is 11.8. The van der Waals surface area contributed by atoms with Crippen LogP contribution in [0.4, 0.5) is 0 Å². The summed E-state index contributed by atoms with van der Waals surface area (Å²) in [5, 5.41) is 3.03. The van der Waals surface area contributed by atoms with E-state index in [1.165, 1.54) is 4.88 Å². The van der Waals surface area contributed by atoms with E-state index in [0.717, 1.165) is 10.4 Å². The summed E-state index contributed by atoms with van der Waals surface area (Å²) >= 11 is 4.93. The van der Waals surface area contributed by atoms with E-state index in [9.17, 15) is 8.42 Å². The molecule has 2 aromatic rings. The Kier molecular flexibility index (Phi) is 5.56. The molecular formula is C14H17BrN2O2S2. The van der Waals surface area contributed by atoms with Crippen LogP contribution in [0.2, 0.25) is 0 Å². The third-order valence-electron chi connectivity index (χ3n) is 2.90. The maximum absolute atomic E-state index is 12.4. The molecule has 21 heavy (non-hydrogen) atoms. The van der Waals surface area contributed by atoms with Crippen molar-refractivity contribution in [1.82, 2.24) is 10.0 Å². The van der Waals surface area contributed by atoms with Gasteiger partial charge in [-0.1, -0.05) is 6.07 Å². The van der Waals surface area contributed by atoms with Gasteiger partial charge in [0.05, 0.1) is 4.90 Å². The fourth-order valence-corrected chi connectivity index (χ4v) is 4.95. The number of hydrogen-bond donors (Lipinski definition) is 2. The van der Waals surface area contributed by atoms with Crippen LogP contribution in [0.5, 0.6) is 0 Å². The molecule has 114 valence electrons. The maximum atomic E-state index is 12.4. The van der Waals surface area contributed by atoms with Gasteiger partial charge < -0.3 is 5.32 Å². The Morgan fingerprint density at radius 1 is 1.19 bits per heavy atom. The van der Waals surface area contributed by atoms with Crippen LogP contribution < -0.4 is 10.0 Å². The van der Waals surface area contributed by atoms with Gasteiger partial charge in [0.1, 0.15) is 0 Å². The van der Waals surface area contributed by atoms with Crippen LogP contribution in [0.3, 0.4) is 0 Å². The van der Waals surface area contributed by atoms with Crippen molar-refractivity contribution in [3.8, 4) is 0 Å². The summed E-state index contributed by atoms with van der Waals surface area (Å²) in [7, 11) is -1.67. The summed E-state index contributed by atoms with van der Waals surface area (Å²) in [6.45, 7) is 3.01. The average molecular weight is 389 g/mol. The third-order valence-corrected chi connectivity index (χ3v) is 6.28. The second-order valence-corrected chi connectivity index (χ2v) is 8.59. The second kappa shape index (κ2) is 7.02. The summed E-state index contributed by atoms with van der Waals surface area (Å²) in [4.78, 5) is 2.43. The minimum absolute atomic E-state index is 0.260. The molecule has 0 aliphatic heterocycles. The van der Waals surface area contributed by atoms with E-state index >= 15 is 0 Å². The average Bonchev–Trinajstić information content (AvgIpc) is 2.83. The van der Waals surface area contributed by atoms with Gasteiger partial charge >= 0.3 is 0 Å². The Morgan fingerprint density at radius 2 is 1.95 bits per heavy atom. The van der Waals surface area contributed by atoms with E-state index in [4.69, 9.17) is 0 Å². The molecule has 0 fully saturated rings. The van der Waals surface area contributed by atoms with Gasteiger partial charge in [-0.2, -0.15) is 0 Å². The van der Waals surface area contributed by atoms with E-state index in [2.05, 4.69) is 26.0 Å². The predicted octanol–water partition coefficient (Wildman–Crippen LogP) is 3.02. The summed E-state index contributed by atoms with van der Waals surface area (Å²) in [6, 6.07) is 9.18. The number of rotatable bonds is 6. The quantitative estimate of drug-likeness (QED) is 0.799. The molecule has 0 spiro atoms. The Morgan fingerprint density at radius 3 is 2.52 bits per heavy atom. The molecule has 4 nitrogen and oxygen atoms in total. The van der Waals surface area contributed by atoms with E-state index in [1.807, 2.05) is 38.2 Å². The van der Waals surface area contributed by atoms with E-state index in [-0.39, 0.29) is 4.90 Å². The summed E-state index contributed by atoms with van der Waals surface area (Å²) in [5.41, 5.74) is 1.03. The number of sulfonamides is 1. The number of benzene rings is 1. The van der Waals surface area contributed by atoms with Crippen LogP contribution in [0, 0.1) is 6.92 Å². The highest BCUT2D eigenvalue weighted by Crippen LogP contribution is 2.24. The molecule has 0 saturated carbocycles. The van der Waals surface area contributed by atoms with Crippen molar-refractivity contribution in [2.45, 2.75) is 24.9 Å². The van der Waals surface area contributed by atoms with Crippen molar-refractivity contribution in [3.63, 3.8) is 0 Å². The lowest BCUT2D eigenvalue weighted by atomic mass is 10.2. The third kappa shape index (κ3) is 4.37. The topological polar surface area (TPSA) is 58.2 Å². The fraction of sp³-hybridized carbons (Fsp3) is 0.286. The number of halogens is 1. The largest absolute Gasteiger partial charge is 0.316 e. The van der Waals surface area contributed by atoms with Crippen molar-refractivity contribution in [2.24, 2.45) is 0 Å².